The predicted octanol–water partition coefficient (Wildman–Crippen LogP) is 12.7. The third-order valence-electron chi connectivity index (χ3n) is 8.44. The van der Waals surface area contributed by atoms with E-state index in [9.17, 15) is 0 Å². The van der Waals surface area contributed by atoms with E-state index in [-0.39, 0.29) is 0 Å². The molecule has 2 aromatic heterocycles. The predicted molar refractivity (Wildman–Crippen MR) is 190 cm³/mol. The van der Waals surface area contributed by atoms with Crippen molar-refractivity contribution in [2.75, 3.05) is 4.90 Å². The third-order valence-corrected chi connectivity index (χ3v) is 10.8. The molecule has 202 valence electrons. The molecule has 0 spiro atoms. The number of hydrogen-bond acceptors (Lipinski definition) is 3. The van der Waals surface area contributed by atoms with Crippen LogP contribution in [0.25, 0.3) is 62.2 Å². The maximum Gasteiger partial charge on any atom is 0.0718 e. The molecule has 2 heterocycles. The summed E-state index contributed by atoms with van der Waals surface area (Å²) in [4.78, 5) is 2.52. The highest BCUT2D eigenvalue weighted by Gasteiger charge is 2.24. The van der Waals surface area contributed by atoms with Gasteiger partial charge in [0.05, 0.1) is 16.1 Å². The van der Waals surface area contributed by atoms with Gasteiger partial charge < -0.3 is 4.90 Å². The quantitative estimate of drug-likeness (QED) is 0.199. The fourth-order valence-corrected chi connectivity index (χ4v) is 8.85. The standard InChI is InChI=1S/C40H25NS2/c1-2-11-26(12-3-1)27-21-23-29(24-22-27)41(34-17-10-20-37-38(34)32-16-7-9-19-36(32)42-37)39-30-14-5-4-13-28(30)25-33-31-15-6-8-18-35(31)43-40(33)39/h1-25H. The largest absolute Gasteiger partial charge is 0.308 e. The molecule has 0 bridgehead atoms. The van der Waals surface area contributed by atoms with E-state index in [2.05, 4.69) is 157 Å². The summed E-state index contributed by atoms with van der Waals surface area (Å²) in [7, 11) is 0. The van der Waals surface area contributed by atoms with E-state index >= 15 is 0 Å². The zero-order chi connectivity index (χ0) is 28.3. The summed E-state index contributed by atoms with van der Waals surface area (Å²) in [6, 6.07) is 55.4. The Morgan fingerprint density at radius 2 is 1.05 bits per heavy atom. The lowest BCUT2D eigenvalue weighted by Gasteiger charge is -2.28. The highest BCUT2D eigenvalue weighted by molar-refractivity contribution is 7.26. The summed E-state index contributed by atoms with van der Waals surface area (Å²) in [5.74, 6) is 0. The Morgan fingerprint density at radius 3 is 1.86 bits per heavy atom. The fourth-order valence-electron chi connectivity index (χ4n) is 6.49. The molecule has 3 heteroatoms. The Bertz CT molecular complexity index is 2450. The van der Waals surface area contributed by atoms with Crippen LogP contribution in [0.5, 0.6) is 0 Å². The minimum absolute atomic E-state index is 1.15. The van der Waals surface area contributed by atoms with Crippen molar-refractivity contribution in [2.24, 2.45) is 0 Å². The van der Waals surface area contributed by atoms with Crippen LogP contribution in [0.3, 0.4) is 0 Å². The van der Waals surface area contributed by atoms with Crippen molar-refractivity contribution in [1.82, 2.24) is 0 Å². The summed E-state index contributed by atoms with van der Waals surface area (Å²) < 4.78 is 5.24. The van der Waals surface area contributed by atoms with Gasteiger partial charge in [0.15, 0.2) is 0 Å². The first-order valence-corrected chi connectivity index (χ1v) is 16.2. The van der Waals surface area contributed by atoms with E-state index in [0.29, 0.717) is 0 Å². The lowest BCUT2D eigenvalue weighted by Crippen LogP contribution is -2.11. The second-order valence-electron chi connectivity index (χ2n) is 10.9. The van der Waals surface area contributed by atoms with Crippen LogP contribution < -0.4 is 4.90 Å². The monoisotopic (exact) mass is 583 g/mol. The van der Waals surface area contributed by atoms with Crippen LogP contribution in [0, 0.1) is 0 Å². The lowest BCUT2D eigenvalue weighted by molar-refractivity contribution is 1.33. The number of fused-ring (bicyclic) bond motifs is 7. The first kappa shape index (κ1) is 24.6. The van der Waals surface area contributed by atoms with Gasteiger partial charge in [0, 0.05) is 46.7 Å². The van der Waals surface area contributed by atoms with Crippen molar-refractivity contribution in [3.8, 4) is 11.1 Å². The summed E-state index contributed by atoms with van der Waals surface area (Å²) in [6.07, 6.45) is 0. The molecule has 0 amide bonds. The van der Waals surface area contributed by atoms with Gasteiger partial charge in [-0.05, 0) is 59.0 Å². The number of hydrogen-bond donors (Lipinski definition) is 0. The lowest BCUT2D eigenvalue weighted by atomic mass is 10.0. The molecule has 7 aromatic carbocycles. The Kier molecular flexibility index (Phi) is 5.62. The fraction of sp³-hybridized carbons (Fsp3) is 0. The van der Waals surface area contributed by atoms with Gasteiger partial charge in [-0.25, -0.2) is 0 Å². The van der Waals surface area contributed by atoms with E-state index in [1.54, 1.807) is 0 Å². The molecule has 0 aliphatic rings. The topological polar surface area (TPSA) is 3.24 Å². The summed E-state index contributed by atoms with van der Waals surface area (Å²) >= 11 is 3.76. The van der Waals surface area contributed by atoms with E-state index in [1.165, 1.54) is 73.6 Å². The molecule has 0 fully saturated rings. The van der Waals surface area contributed by atoms with E-state index < -0.39 is 0 Å². The van der Waals surface area contributed by atoms with Gasteiger partial charge in [-0.2, -0.15) is 0 Å². The average Bonchev–Trinajstić information content (AvgIpc) is 3.64. The second-order valence-corrected chi connectivity index (χ2v) is 13.1. The van der Waals surface area contributed by atoms with Crippen LogP contribution in [0.1, 0.15) is 0 Å². The Balaban J connectivity index is 1.41. The van der Waals surface area contributed by atoms with Gasteiger partial charge in [-0.1, -0.05) is 109 Å². The molecule has 0 atom stereocenters. The zero-order valence-electron chi connectivity index (χ0n) is 23.2. The third kappa shape index (κ3) is 3.90. The molecular formula is C40H25NS2. The van der Waals surface area contributed by atoms with Crippen LogP contribution in [0.15, 0.2) is 152 Å². The van der Waals surface area contributed by atoms with E-state index in [0.717, 1.165) is 5.69 Å². The van der Waals surface area contributed by atoms with Crippen LogP contribution >= 0.6 is 22.7 Å². The molecule has 0 aliphatic heterocycles. The number of rotatable bonds is 4. The van der Waals surface area contributed by atoms with Gasteiger partial charge in [0.2, 0.25) is 0 Å². The highest BCUT2D eigenvalue weighted by atomic mass is 32.1. The van der Waals surface area contributed by atoms with Crippen molar-refractivity contribution >= 4 is 90.9 Å². The minimum atomic E-state index is 1.15. The van der Waals surface area contributed by atoms with Crippen LogP contribution in [0.4, 0.5) is 17.1 Å². The molecule has 1 nitrogen and oxygen atoms in total. The number of benzene rings is 7. The van der Waals surface area contributed by atoms with Gasteiger partial charge in [0.25, 0.3) is 0 Å². The van der Waals surface area contributed by atoms with Crippen molar-refractivity contribution in [2.45, 2.75) is 0 Å². The molecular weight excluding hydrogens is 559 g/mol. The van der Waals surface area contributed by atoms with Crippen molar-refractivity contribution in [3.05, 3.63) is 152 Å². The zero-order valence-corrected chi connectivity index (χ0v) is 24.8. The molecule has 0 saturated carbocycles. The SMILES string of the molecule is c1ccc(-c2ccc(N(c3c4ccccc4cc4c3sc3ccccc34)c3cccc4sc5ccccc5c34)cc2)cc1. The van der Waals surface area contributed by atoms with E-state index in [1.807, 2.05) is 22.7 Å². The number of nitrogens with zero attached hydrogens (tertiary/aromatic N) is 1. The highest BCUT2D eigenvalue weighted by Crippen LogP contribution is 2.51. The molecule has 9 rings (SSSR count). The maximum atomic E-state index is 2.52. The Labute approximate surface area is 257 Å². The molecule has 0 radical (unpaired) electrons. The Morgan fingerprint density at radius 1 is 0.419 bits per heavy atom. The maximum absolute atomic E-state index is 2.52. The van der Waals surface area contributed by atoms with Gasteiger partial charge in [-0.3, -0.25) is 0 Å². The normalized spacial score (nSPS) is 11.7. The summed E-state index contributed by atoms with van der Waals surface area (Å²) in [6.45, 7) is 0. The first-order valence-electron chi connectivity index (χ1n) is 14.5. The molecule has 0 aliphatic carbocycles. The second kappa shape index (κ2) is 9.81. The van der Waals surface area contributed by atoms with Crippen molar-refractivity contribution in [3.63, 3.8) is 0 Å². The number of thiophene rings is 2. The van der Waals surface area contributed by atoms with Gasteiger partial charge >= 0.3 is 0 Å². The molecule has 0 N–H and O–H groups in total. The Hall–Kier alpha value is -4.96. The van der Waals surface area contributed by atoms with Gasteiger partial charge in [-0.15, -0.1) is 22.7 Å². The number of anilines is 3. The summed E-state index contributed by atoms with van der Waals surface area (Å²) in [5.41, 5.74) is 6.04. The van der Waals surface area contributed by atoms with Crippen molar-refractivity contribution < 1.29 is 0 Å². The summed E-state index contributed by atoms with van der Waals surface area (Å²) in [5, 5.41) is 7.73. The molecule has 9 aromatic rings. The van der Waals surface area contributed by atoms with Gasteiger partial charge in [0.1, 0.15) is 0 Å². The smallest absolute Gasteiger partial charge is 0.0718 e. The van der Waals surface area contributed by atoms with Crippen LogP contribution in [0.2, 0.25) is 0 Å². The van der Waals surface area contributed by atoms with E-state index in [4.69, 9.17) is 0 Å². The van der Waals surface area contributed by atoms with Crippen LogP contribution in [-0.2, 0) is 0 Å². The first-order chi connectivity index (χ1) is 21.3. The average molecular weight is 584 g/mol. The molecule has 43 heavy (non-hydrogen) atoms. The van der Waals surface area contributed by atoms with Crippen molar-refractivity contribution in [1.29, 1.82) is 0 Å². The molecule has 0 saturated heterocycles. The molecule has 0 unspecified atom stereocenters. The van der Waals surface area contributed by atoms with Crippen LogP contribution in [-0.4, -0.2) is 0 Å². The minimum Gasteiger partial charge on any atom is -0.308 e.